The maximum atomic E-state index is 11.9. The van der Waals surface area contributed by atoms with Gasteiger partial charge in [0.1, 0.15) is 0 Å². The molecule has 0 aromatic carbocycles. The van der Waals surface area contributed by atoms with Crippen molar-refractivity contribution >= 4 is 11.9 Å². The van der Waals surface area contributed by atoms with Crippen LogP contribution in [-0.2, 0) is 9.47 Å². The number of rotatable bonds is 4. The summed E-state index contributed by atoms with van der Waals surface area (Å²) >= 11 is 0. The standard InChI is InChI=1S/C18H28N4O3/c1-4-25-17(23)16-11-19-18(20-14(16)3)21-7-5-15(6-8-21)22-9-10-24-12-13(22)2/h11,13,15H,4-10,12H2,1-3H3. The highest BCUT2D eigenvalue weighted by atomic mass is 16.5. The van der Waals surface area contributed by atoms with Crippen LogP contribution in [0.2, 0.25) is 0 Å². The number of aryl methyl sites for hydroxylation is 1. The number of morpholine rings is 1. The SMILES string of the molecule is CCOC(=O)c1cnc(N2CCC(N3CCOCC3C)CC2)nc1C. The zero-order chi connectivity index (χ0) is 17.8. The number of ether oxygens (including phenoxy) is 2. The van der Waals surface area contributed by atoms with Crippen molar-refractivity contribution in [3.05, 3.63) is 17.5 Å². The first kappa shape index (κ1) is 18.1. The summed E-state index contributed by atoms with van der Waals surface area (Å²) in [5.74, 6) is 0.352. The second-order valence-electron chi connectivity index (χ2n) is 6.77. The number of hydrogen-bond donors (Lipinski definition) is 0. The number of hydrogen-bond acceptors (Lipinski definition) is 7. The first-order chi connectivity index (χ1) is 12.1. The average Bonchev–Trinajstić information content (AvgIpc) is 2.62. The molecular weight excluding hydrogens is 320 g/mol. The highest BCUT2D eigenvalue weighted by Crippen LogP contribution is 2.23. The molecule has 2 fully saturated rings. The van der Waals surface area contributed by atoms with Crippen molar-refractivity contribution in [3.8, 4) is 0 Å². The molecule has 0 saturated carbocycles. The second kappa shape index (κ2) is 8.10. The summed E-state index contributed by atoms with van der Waals surface area (Å²) in [6.45, 7) is 10.8. The Kier molecular flexibility index (Phi) is 5.86. The molecule has 0 radical (unpaired) electrons. The Morgan fingerprint density at radius 3 is 2.76 bits per heavy atom. The zero-order valence-corrected chi connectivity index (χ0v) is 15.4. The highest BCUT2D eigenvalue weighted by molar-refractivity contribution is 5.90. The zero-order valence-electron chi connectivity index (χ0n) is 15.4. The minimum atomic E-state index is -0.355. The number of carbonyl (C=O) groups excluding carboxylic acids is 1. The molecule has 0 N–H and O–H groups in total. The molecule has 1 atom stereocenters. The molecule has 3 heterocycles. The first-order valence-electron chi connectivity index (χ1n) is 9.19. The minimum absolute atomic E-state index is 0.355. The van der Waals surface area contributed by atoms with Crippen LogP contribution in [0, 0.1) is 6.92 Å². The lowest BCUT2D eigenvalue weighted by atomic mass is 10.0. The van der Waals surface area contributed by atoms with E-state index in [0.717, 1.165) is 45.7 Å². The fourth-order valence-corrected chi connectivity index (χ4v) is 3.70. The van der Waals surface area contributed by atoms with E-state index in [-0.39, 0.29) is 5.97 Å². The van der Waals surface area contributed by atoms with Crippen LogP contribution in [0.3, 0.4) is 0 Å². The van der Waals surface area contributed by atoms with E-state index in [9.17, 15) is 4.79 Å². The van der Waals surface area contributed by atoms with Gasteiger partial charge < -0.3 is 14.4 Å². The van der Waals surface area contributed by atoms with Gasteiger partial charge in [-0.1, -0.05) is 0 Å². The number of piperidine rings is 1. The predicted octanol–water partition coefficient (Wildman–Crippen LogP) is 1.65. The lowest BCUT2D eigenvalue weighted by molar-refractivity contribution is -0.0266. The minimum Gasteiger partial charge on any atom is -0.462 e. The summed E-state index contributed by atoms with van der Waals surface area (Å²) < 4.78 is 10.6. The van der Waals surface area contributed by atoms with Gasteiger partial charge in [0.25, 0.3) is 0 Å². The summed E-state index contributed by atoms with van der Waals surface area (Å²) in [6, 6.07) is 1.10. The van der Waals surface area contributed by atoms with Gasteiger partial charge in [-0.2, -0.15) is 0 Å². The molecule has 3 rings (SSSR count). The van der Waals surface area contributed by atoms with Gasteiger partial charge in [-0.3, -0.25) is 4.90 Å². The molecule has 2 saturated heterocycles. The van der Waals surface area contributed by atoms with E-state index in [2.05, 4.69) is 26.7 Å². The van der Waals surface area contributed by atoms with Gasteiger partial charge in [-0.05, 0) is 33.6 Å². The fraction of sp³-hybridized carbons (Fsp3) is 0.722. The number of esters is 1. The van der Waals surface area contributed by atoms with Crippen molar-refractivity contribution in [2.75, 3.05) is 44.4 Å². The van der Waals surface area contributed by atoms with Crippen LogP contribution in [0.5, 0.6) is 0 Å². The highest BCUT2D eigenvalue weighted by Gasteiger charge is 2.30. The Balaban J connectivity index is 1.61. The Morgan fingerprint density at radius 1 is 1.36 bits per heavy atom. The van der Waals surface area contributed by atoms with Crippen LogP contribution in [-0.4, -0.2) is 72.4 Å². The largest absolute Gasteiger partial charge is 0.462 e. The number of carbonyl (C=O) groups is 1. The quantitative estimate of drug-likeness (QED) is 0.767. The smallest absolute Gasteiger partial charge is 0.341 e. The molecule has 2 aliphatic heterocycles. The summed E-state index contributed by atoms with van der Waals surface area (Å²) in [6.07, 6.45) is 3.80. The Hall–Kier alpha value is -1.73. The summed E-state index contributed by atoms with van der Waals surface area (Å²) in [5, 5.41) is 0. The third-order valence-corrected chi connectivity index (χ3v) is 5.10. The van der Waals surface area contributed by atoms with Crippen molar-refractivity contribution in [1.29, 1.82) is 0 Å². The molecule has 1 aromatic rings. The van der Waals surface area contributed by atoms with Gasteiger partial charge in [-0.15, -0.1) is 0 Å². The average molecular weight is 348 g/mol. The molecule has 7 heteroatoms. The van der Waals surface area contributed by atoms with E-state index < -0.39 is 0 Å². The van der Waals surface area contributed by atoms with Crippen LogP contribution >= 0.6 is 0 Å². The third-order valence-electron chi connectivity index (χ3n) is 5.10. The van der Waals surface area contributed by atoms with Crippen LogP contribution in [0.25, 0.3) is 0 Å². The summed E-state index contributed by atoms with van der Waals surface area (Å²) in [7, 11) is 0. The molecule has 1 aromatic heterocycles. The van der Waals surface area contributed by atoms with E-state index >= 15 is 0 Å². The summed E-state index contributed by atoms with van der Waals surface area (Å²) in [4.78, 5) is 25.6. The summed E-state index contributed by atoms with van der Waals surface area (Å²) in [5.41, 5.74) is 1.12. The molecule has 25 heavy (non-hydrogen) atoms. The molecule has 0 bridgehead atoms. The molecule has 0 aliphatic carbocycles. The van der Waals surface area contributed by atoms with Gasteiger partial charge >= 0.3 is 5.97 Å². The van der Waals surface area contributed by atoms with E-state index in [1.54, 1.807) is 13.1 Å². The van der Waals surface area contributed by atoms with Crippen molar-refractivity contribution in [3.63, 3.8) is 0 Å². The Morgan fingerprint density at radius 2 is 2.12 bits per heavy atom. The second-order valence-corrected chi connectivity index (χ2v) is 6.77. The lowest BCUT2D eigenvalue weighted by Crippen LogP contribution is -2.53. The lowest BCUT2D eigenvalue weighted by Gasteiger charge is -2.43. The predicted molar refractivity (Wildman–Crippen MR) is 94.9 cm³/mol. The van der Waals surface area contributed by atoms with Gasteiger partial charge in [0.2, 0.25) is 5.95 Å². The van der Waals surface area contributed by atoms with Crippen LogP contribution in [0.15, 0.2) is 6.20 Å². The fourth-order valence-electron chi connectivity index (χ4n) is 3.70. The number of aromatic nitrogens is 2. The van der Waals surface area contributed by atoms with Crippen LogP contribution < -0.4 is 4.90 Å². The molecule has 138 valence electrons. The molecule has 7 nitrogen and oxygen atoms in total. The van der Waals surface area contributed by atoms with E-state index in [1.165, 1.54) is 0 Å². The van der Waals surface area contributed by atoms with Gasteiger partial charge in [0, 0.05) is 37.9 Å². The number of nitrogens with zero attached hydrogens (tertiary/aromatic N) is 4. The van der Waals surface area contributed by atoms with E-state index in [0.29, 0.717) is 35.9 Å². The molecule has 1 unspecified atom stereocenters. The molecule has 2 aliphatic rings. The molecular formula is C18H28N4O3. The van der Waals surface area contributed by atoms with Crippen molar-refractivity contribution < 1.29 is 14.3 Å². The van der Waals surface area contributed by atoms with Crippen LogP contribution in [0.1, 0.15) is 42.7 Å². The van der Waals surface area contributed by atoms with Crippen molar-refractivity contribution in [1.82, 2.24) is 14.9 Å². The Labute approximate surface area is 149 Å². The van der Waals surface area contributed by atoms with E-state index in [1.807, 2.05) is 6.92 Å². The molecule has 0 amide bonds. The van der Waals surface area contributed by atoms with Crippen molar-refractivity contribution in [2.45, 2.75) is 45.7 Å². The monoisotopic (exact) mass is 348 g/mol. The maximum absolute atomic E-state index is 11.9. The van der Waals surface area contributed by atoms with Gasteiger partial charge in [0.05, 0.1) is 31.1 Å². The van der Waals surface area contributed by atoms with Crippen molar-refractivity contribution in [2.24, 2.45) is 0 Å². The first-order valence-corrected chi connectivity index (χ1v) is 9.19. The van der Waals surface area contributed by atoms with E-state index in [4.69, 9.17) is 9.47 Å². The van der Waals surface area contributed by atoms with Gasteiger partial charge in [0.15, 0.2) is 0 Å². The molecule has 0 spiro atoms. The maximum Gasteiger partial charge on any atom is 0.341 e. The number of anilines is 1. The third kappa shape index (κ3) is 4.10. The van der Waals surface area contributed by atoms with Crippen LogP contribution in [0.4, 0.5) is 5.95 Å². The van der Waals surface area contributed by atoms with Gasteiger partial charge in [-0.25, -0.2) is 14.8 Å². The topological polar surface area (TPSA) is 67.8 Å². The Bertz CT molecular complexity index is 602. The normalized spacial score (nSPS) is 22.8.